The Morgan fingerprint density at radius 3 is 2.87 bits per heavy atom. The van der Waals surface area contributed by atoms with Crippen molar-refractivity contribution in [1.29, 1.82) is 0 Å². The number of aliphatic imine (C=N–C) groups is 1. The van der Waals surface area contributed by atoms with Crippen LogP contribution in [0.15, 0.2) is 29.4 Å². The molecule has 124 valence electrons. The van der Waals surface area contributed by atoms with Crippen LogP contribution in [0.4, 0.5) is 0 Å². The number of likely N-dealkylation sites (N-methyl/N-ethyl adjacent to an activating group) is 1. The Labute approximate surface area is 136 Å². The molecule has 1 aliphatic rings. The van der Waals surface area contributed by atoms with Crippen LogP contribution in [0.1, 0.15) is 18.7 Å². The standard InChI is InChI=1S/C16H25N7/c1-17-16(18-10-13(22(2)3)12-7-8-12)19-11-15-21-20-14-6-4-5-9-23(14)15/h4-6,9,12-13H,7-8,10-11H2,1-3H3,(H2,17,18,19). The molecule has 1 saturated carbocycles. The molecule has 0 aliphatic heterocycles. The second kappa shape index (κ2) is 6.95. The Morgan fingerprint density at radius 2 is 2.17 bits per heavy atom. The lowest BCUT2D eigenvalue weighted by molar-refractivity contribution is 0.264. The highest BCUT2D eigenvalue weighted by atomic mass is 15.3. The highest BCUT2D eigenvalue weighted by Crippen LogP contribution is 2.34. The van der Waals surface area contributed by atoms with Gasteiger partial charge in [-0.15, -0.1) is 10.2 Å². The fourth-order valence-corrected chi connectivity index (χ4v) is 2.85. The molecule has 2 heterocycles. The monoisotopic (exact) mass is 315 g/mol. The number of rotatable bonds is 6. The van der Waals surface area contributed by atoms with E-state index in [-0.39, 0.29) is 0 Å². The third-order valence-corrected chi connectivity index (χ3v) is 4.33. The van der Waals surface area contributed by atoms with E-state index in [1.165, 1.54) is 12.8 Å². The predicted octanol–water partition coefficient (Wildman–Crippen LogP) is 0.735. The van der Waals surface area contributed by atoms with Crippen molar-refractivity contribution in [1.82, 2.24) is 30.1 Å². The molecular weight excluding hydrogens is 290 g/mol. The summed E-state index contributed by atoms with van der Waals surface area (Å²) < 4.78 is 1.98. The topological polar surface area (TPSA) is 69.8 Å². The van der Waals surface area contributed by atoms with Crippen molar-refractivity contribution in [3.05, 3.63) is 30.2 Å². The van der Waals surface area contributed by atoms with Gasteiger partial charge in [0.1, 0.15) is 0 Å². The van der Waals surface area contributed by atoms with E-state index in [4.69, 9.17) is 0 Å². The minimum atomic E-state index is 0.558. The maximum Gasteiger partial charge on any atom is 0.191 e. The summed E-state index contributed by atoms with van der Waals surface area (Å²) in [6.07, 6.45) is 4.64. The maximum atomic E-state index is 4.30. The fourth-order valence-electron chi connectivity index (χ4n) is 2.85. The van der Waals surface area contributed by atoms with Gasteiger partial charge in [-0.25, -0.2) is 0 Å². The molecule has 23 heavy (non-hydrogen) atoms. The molecule has 1 atom stereocenters. The Kier molecular flexibility index (Phi) is 4.76. The number of guanidine groups is 1. The molecule has 7 nitrogen and oxygen atoms in total. The molecule has 0 bridgehead atoms. The van der Waals surface area contributed by atoms with Crippen LogP contribution in [0.25, 0.3) is 5.65 Å². The minimum absolute atomic E-state index is 0.558. The largest absolute Gasteiger partial charge is 0.355 e. The van der Waals surface area contributed by atoms with Crippen molar-refractivity contribution in [3.63, 3.8) is 0 Å². The first kappa shape index (κ1) is 15.7. The summed E-state index contributed by atoms with van der Waals surface area (Å²) in [5.41, 5.74) is 0.855. The number of fused-ring (bicyclic) bond motifs is 1. The van der Waals surface area contributed by atoms with Crippen molar-refractivity contribution in [2.24, 2.45) is 10.9 Å². The van der Waals surface area contributed by atoms with Crippen molar-refractivity contribution < 1.29 is 0 Å². The van der Waals surface area contributed by atoms with Gasteiger partial charge in [0.2, 0.25) is 0 Å². The van der Waals surface area contributed by atoms with Crippen LogP contribution in [0.2, 0.25) is 0 Å². The summed E-state index contributed by atoms with van der Waals surface area (Å²) in [5, 5.41) is 15.1. The first-order valence-electron chi connectivity index (χ1n) is 8.08. The minimum Gasteiger partial charge on any atom is -0.355 e. The molecule has 3 rings (SSSR count). The quantitative estimate of drug-likeness (QED) is 0.608. The average Bonchev–Trinajstić information content (AvgIpc) is 3.30. The summed E-state index contributed by atoms with van der Waals surface area (Å²) in [5.74, 6) is 2.48. The van der Waals surface area contributed by atoms with Crippen molar-refractivity contribution in [2.45, 2.75) is 25.4 Å². The molecule has 2 aromatic rings. The lowest BCUT2D eigenvalue weighted by Crippen LogP contribution is -2.45. The lowest BCUT2D eigenvalue weighted by Gasteiger charge is -2.25. The summed E-state index contributed by atoms with van der Waals surface area (Å²) in [7, 11) is 6.07. The Bertz CT molecular complexity index is 670. The Balaban J connectivity index is 1.55. The molecule has 0 spiro atoms. The van der Waals surface area contributed by atoms with Crippen LogP contribution in [-0.4, -0.2) is 59.2 Å². The maximum absolute atomic E-state index is 4.30. The van der Waals surface area contributed by atoms with E-state index < -0.39 is 0 Å². The molecule has 0 radical (unpaired) electrons. The SMILES string of the molecule is CN=C(NCc1nnc2ccccn12)NCC(C1CC1)N(C)C. The predicted molar refractivity (Wildman–Crippen MR) is 91.4 cm³/mol. The van der Waals surface area contributed by atoms with Gasteiger partial charge in [0.05, 0.1) is 6.54 Å². The molecule has 7 heteroatoms. The number of nitrogens with one attached hydrogen (secondary N) is 2. The summed E-state index contributed by atoms with van der Waals surface area (Å²) in [6.45, 7) is 1.48. The number of nitrogens with zero attached hydrogens (tertiary/aromatic N) is 5. The zero-order valence-corrected chi connectivity index (χ0v) is 14.0. The van der Waals surface area contributed by atoms with Crippen molar-refractivity contribution >= 4 is 11.6 Å². The van der Waals surface area contributed by atoms with Crippen LogP contribution in [0.5, 0.6) is 0 Å². The number of hydrogen-bond acceptors (Lipinski definition) is 4. The number of aromatic nitrogens is 3. The van der Waals surface area contributed by atoms with E-state index >= 15 is 0 Å². The molecule has 1 aliphatic carbocycles. The van der Waals surface area contributed by atoms with Crippen LogP contribution < -0.4 is 10.6 Å². The second-order valence-corrected chi connectivity index (χ2v) is 6.22. The van der Waals surface area contributed by atoms with E-state index in [1.54, 1.807) is 7.05 Å². The van der Waals surface area contributed by atoms with Gasteiger partial charge in [-0.2, -0.15) is 0 Å². The molecule has 0 aromatic carbocycles. The highest BCUT2D eigenvalue weighted by molar-refractivity contribution is 5.79. The van der Waals surface area contributed by atoms with Crippen LogP contribution in [0, 0.1) is 5.92 Å². The zero-order chi connectivity index (χ0) is 16.2. The first-order valence-corrected chi connectivity index (χ1v) is 8.08. The van der Waals surface area contributed by atoms with Gasteiger partial charge >= 0.3 is 0 Å². The molecular formula is C16H25N7. The normalized spacial score (nSPS) is 16.8. The van der Waals surface area contributed by atoms with E-state index in [0.717, 1.165) is 29.9 Å². The van der Waals surface area contributed by atoms with E-state index in [0.29, 0.717) is 12.6 Å². The summed E-state index contributed by atoms with van der Waals surface area (Å²) in [4.78, 5) is 6.59. The highest BCUT2D eigenvalue weighted by Gasteiger charge is 2.32. The Morgan fingerprint density at radius 1 is 1.35 bits per heavy atom. The molecule has 2 aromatic heterocycles. The number of hydrogen-bond donors (Lipinski definition) is 2. The third-order valence-electron chi connectivity index (χ3n) is 4.33. The van der Waals surface area contributed by atoms with Gasteiger partial charge in [0, 0.05) is 25.8 Å². The van der Waals surface area contributed by atoms with E-state index in [1.807, 2.05) is 28.8 Å². The van der Waals surface area contributed by atoms with Crippen molar-refractivity contribution in [3.8, 4) is 0 Å². The first-order chi connectivity index (χ1) is 11.2. The molecule has 0 amide bonds. The summed E-state index contributed by atoms with van der Waals surface area (Å²) >= 11 is 0. The molecule has 2 N–H and O–H groups in total. The molecule has 0 saturated heterocycles. The van der Waals surface area contributed by atoms with Crippen LogP contribution >= 0.6 is 0 Å². The zero-order valence-electron chi connectivity index (χ0n) is 14.0. The van der Waals surface area contributed by atoms with Gasteiger partial charge in [0.25, 0.3) is 0 Å². The van der Waals surface area contributed by atoms with Gasteiger partial charge in [-0.1, -0.05) is 6.07 Å². The van der Waals surface area contributed by atoms with Crippen LogP contribution in [0.3, 0.4) is 0 Å². The average molecular weight is 315 g/mol. The van der Waals surface area contributed by atoms with E-state index in [9.17, 15) is 0 Å². The van der Waals surface area contributed by atoms with Gasteiger partial charge in [-0.05, 0) is 45.0 Å². The third kappa shape index (κ3) is 3.79. The smallest absolute Gasteiger partial charge is 0.191 e. The summed E-state index contributed by atoms with van der Waals surface area (Å²) in [6, 6.07) is 6.44. The van der Waals surface area contributed by atoms with Crippen molar-refractivity contribution in [2.75, 3.05) is 27.7 Å². The lowest BCUT2D eigenvalue weighted by atomic mass is 10.1. The Hall–Kier alpha value is -2.15. The van der Waals surface area contributed by atoms with Crippen LogP contribution in [-0.2, 0) is 6.54 Å². The van der Waals surface area contributed by atoms with Gasteiger partial charge in [0.15, 0.2) is 17.4 Å². The second-order valence-electron chi connectivity index (χ2n) is 6.22. The number of pyridine rings is 1. The van der Waals surface area contributed by atoms with E-state index in [2.05, 4.69) is 44.8 Å². The molecule has 1 fully saturated rings. The molecule has 1 unspecified atom stereocenters. The fraction of sp³-hybridized carbons (Fsp3) is 0.562. The van der Waals surface area contributed by atoms with Gasteiger partial charge < -0.3 is 15.5 Å². The van der Waals surface area contributed by atoms with Gasteiger partial charge in [-0.3, -0.25) is 9.39 Å².